The minimum atomic E-state index is 0.495. The van der Waals surface area contributed by atoms with E-state index in [1.54, 1.807) is 13.3 Å². The molecule has 0 aliphatic rings. The zero-order chi connectivity index (χ0) is 17.3. The molecule has 0 radical (unpaired) electrons. The van der Waals surface area contributed by atoms with Gasteiger partial charge >= 0.3 is 0 Å². The number of hydrogen-bond donors (Lipinski definition) is 1. The molecule has 3 aromatic carbocycles. The number of rotatable bonds is 7. The van der Waals surface area contributed by atoms with Gasteiger partial charge in [-0.15, -0.1) is 0 Å². The Kier molecular flexibility index (Phi) is 5.67. The normalized spacial score (nSPS) is 10.6. The molecule has 25 heavy (non-hydrogen) atoms. The summed E-state index contributed by atoms with van der Waals surface area (Å²) < 4.78 is 11.0. The largest absolute Gasteiger partial charge is 0.497 e. The second-order valence-corrected chi connectivity index (χ2v) is 5.40. The molecular weight excluding hydrogens is 312 g/mol. The summed E-state index contributed by atoms with van der Waals surface area (Å²) in [7, 11) is 1.65. The van der Waals surface area contributed by atoms with Gasteiger partial charge in [-0.25, -0.2) is 0 Å². The van der Waals surface area contributed by atoms with Crippen molar-refractivity contribution in [1.29, 1.82) is 0 Å². The molecule has 126 valence electrons. The Labute approximate surface area is 147 Å². The standard InChI is InChI=1S/C21H20N2O2/c1-24-20-13-11-19(12-14-20)23-22-15-17-7-5-6-8-18(17)16-25-21-9-3-2-4-10-21/h2-15,23H,16H2,1H3/b22-15+. The highest BCUT2D eigenvalue weighted by Gasteiger charge is 2.01. The number of hydrogen-bond acceptors (Lipinski definition) is 4. The predicted octanol–water partition coefficient (Wildman–Crippen LogP) is 4.72. The third-order valence-electron chi connectivity index (χ3n) is 3.68. The molecule has 0 amide bonds. The van der Waals surface area contributed by atoms with Crippen LogP contribution >= 0.6 is 0 Å². The molecule has 0 aliphatic carbocycles. The summed E-state index contributed by atoms with van der Waals surface area (Å²) >= 11 is 0. The Hall–Kier alpha value is -3.27. The molecule has 0 aliphatic heterocycles. The van der Waals surface area contributed by atoms with Crippen LogP contribution in [-0.2, 0) is 6.61 Å². The zero-order valence-corrected chi connectivity index (χ0v) is 14.1. The number of ether oxygens (including phenoxy) is 2. The highest BCUT2D eigenvalue weighted by atomic mass is 16.5. The average molecular weight is 332 g/mol. The van der Waals surface area contributed by atoms with E-state index in [0.29, 0.717) is 6.61 Å². The summed E-state index contributed by atoms with van der Waals surface area (Å²) in [4.78, 5) is 0. The fourth-order valence-electron chi connectivity index (χ4n) is 2.31. The first kappa shape index (κ1) is 16.6. The van der Waals surface area contributed by atoms with Gasteiger partial charge < -0.3 is 9.47 Å². The number of nitrogens with one attached hydrogen (secondary N) is 1. The van der Waals surface area contributed by atoms with Crippen LogP contribution in [-0.4, -0.2) is 13.3 Å². The van der Waals surface area contributed by atoms with E-state index in [2.05, 4.69) is 10.5 Å². The first-order valence-corrected chi connectivity index (χ1v) is 8.04. The smallest absolute Gasteiger partial charge is 0.119 e. The highest BCUT2D eigenvalue weighted by molar-refractivity contribution is 5.82. The molecule has 0 unspecified atom stereocenters. The van der Waals surface area contributed by atoms with Gasteiger partial charge in [0.1, 0.15) is 18.1 Å². The van der Waals surface area contributed by atoms with Crippen molar-refractivity contribution in [3.8, 4) is 11.5 Å². The molecule has 1 N–H and O–H groups in total. The number of hydrazone groups is 1. The zero-order valence-electron chi connectivity index (χ0n) is 14.1. The van der Waals surface area contributed by atoms with E-state index in [9.17, 15) is 0 Å². The topological polar surface area (TPSA) is 42.8 Å². The molecule has 0 bridgehead atoms. The lowest BCUT2D eigenvalue weighted by Gasteiger charge is -2.08. The third kappa shape index (κ3) is 4.85. The maximum atomic E-state index is 5.83. The summed E-state index contributed by atoms with van der Waals surface area (Å²) in [6, 6.07) is 25.4. The van der Waals surface area contributed by atoms with Crippen molar-refractivity contribution < 1.29 is 9.47 Å². The summed E-state index contributed by atoms with van der Waals surface area (Å²) in [5, 5.41) is 4.31. The lowest BCUT2D eigenvalue weighted by atomic mass is 10.1. The molecule has 0 atom stereocenters. The molecular formula is C21H20N2O2. The molecule has 0 aromatic heterocycles. The fraction of sp³-hybridized carbons (Fsp3) is 0.0952. The lowest BCUT2D eigenvalue weighted by molar-refractivity contribution is 0.306. The van der Waals surface area contributed by atoms with Gasteiger partial charge in [-0.2, -0.15) is 5.10 Å². The van der Waals surface area contributed by atoms with Crippen LogP contribution in [0.5, 0.6) is 11.5 Å². The van der Waals surface area contributed by atoms with Crippen molar-refractivity contribution in [2.24, 2.45) is 5.10 Å². The number of para-hydroxylation sites is 1. The maximum Gasteiger partial charge on any atom is 0.119 e. The number of benzene rings is 3. The SMILES string of the molecule is COc1ccc(N/N=C/c2ccccc2COc2ccccc2)cc1. The van der Waals surface area contributed by atoms with E-state index >= 15 is 0 Å². The quantitative estimate of drug-likeness (QED) is 0.503. The fourth-order valence-corrected chi connectivity index (χ4v) is 2.31. The van der Waals surface area contributed by atoms with Crippen molar-refractivity contribution in [2.45, 2.75) is 6.61 Å². The second kappa shape index (κ2) is 8.55. The van der Waals surface area contributed by atoms with Crippen LogP contribution < -0.4 is 14.9 Å². The van der Waals surface area contributed by atoms with Crippen LogP contribution in [0.15, 0.2) is 84.0 Å². The lowest BCUT2D eigenvalue weighted by Crippen LogP contribution is -2.00. The van der Waals surface area contributed by atoms with Gasteiger partial charge in [0.25, 0.3) is 0 Å². The molecule has 0 heterocycles. The van der Waals surface area contributed by atoms with Crippen molar-refractivity contribution in [3.05, 3.63) is 90.0 Å². The molecule has 0 saturated carbocycles. The molecule has 0 saturated heterocycles. The summed E-state index contributed by atoms with van der Waals surface area (Å²) in [5.74, 6) is 1.67. The predicted molar refractivity (Wildman–Crippen MR) is 101 cm³/mol. The molecule has 3 rings (SSSR count). The summed E-state index contributed by atoms with van der Waals surface area (Å²) in [6.07, 6.45) is 1.80. The highest BCUT2D eigenvalue weighted by Crippen LogP contribution is 2.16. The van der Waals surface area contributed by atoms with E-state index in [1.807, 2.05) is 78.9 Å². The maximum absolute atomic E-state index is 5.83. The van der Waals surface area contributed by atoms with Gasteiger partial charge in [0.2, 0.25) is 0 Å². The van der Waals surface area contributed by atoms with Gasteiger partial charge in [-0.05, 0) is 42.0 Å². The minimum absolute atomic E-state index is 0.495. The number of nitrogens with zero attached hydrogens (tertiary/aromatic N) is 1. The Morgan fingerprint density at radius 2 is 1.56 bits per heavy atom. The van der Waals surface area contributed by atoms with Crippen molar-refractivity contribution >= 4 is 11.9 Å². The van der Waals surface area contributed by atoms with E-state index < -0.39 is 0 Å². The van der Waals surface area contributed by atoms with Crippen LogP contribution in [0, 0.1) is 0 Å². The van der Waals surface area contributed by atoms with E-state index in [0.717, 1.165) is 28.3 Å². The Bertz CT molecular complexity index is 815. The molecule has 4 nitrogen and oxygen atoms in total. The first-order chi connectivity index (χ1) is 12.3. The second-order valence-electron chi connectivity index (χ2n) is 5.40. The van der Waals surface area contributed by atoms with Crippen LogP contribution in [0.25, 0.3) is 0 Å². The van der Waals surface area contributed by atoms with Crippen LogP contribution in [0.4, 0.5) is 5.69 Å². The van der Waals surface area contributed by atoms with E-state index in [1.165, 1.54) is 0 Å². The summed E-state index contributed by atoms with van der Waals surface area (Å²) in [6.45, 7) is 0.495. The average Bonchev–Trinajstić information content (AvgIpc) is 2.68. The van der Waals surface area contributed by atoms with Gasteiger partial charge in [-0.3, -0.25) is 5.43 Å². The van der Waals surface area contributed by atoms with Crippen molar-refractivity contribution in [1.82, 2.24) is 0 Å². The monoisotopic (exact) mass is 332 g/mol. The van der Waals surface area contributed by atoms with Crippen molar-refractivity contribution in [2.75, 3.05) is 12.5 Å². The van der Waals surface area contributed by atoms with Gasteiger partial charge in [0.15, 0.2) is 0 Å². The van der Waals surface area contributed by atoms with E-state index in [4.69, 9.17) is 9.47 Å². The van der Waals surface area contributed by atoms with Crippen LogP contribution in [0.3, 0.4) is 0 Å². The Balaban J connectivity index is 1.63. The Morgan fingerprint density at radius 1 is 0.840 bits per heavy atom. The van der Waals surface area contributed by atoms with Gasteiger partial charge in [-0.1, -0.05) is 42.5 Å². The minimum Gasteiger partial charge on any atom is -0.497 e. The first-order valence-electron chi connectivity index (χ1n) is 8.04. The van der Waals surface area contributed by atoms with Crippen molar-refractivity contribution in [3.63, 3.8) is 0 Å². The summed E-state index contributed by atoms with van der Waals surface area (Å²) in [5.41, 5.74) is 6.01. The van der Waals surface area contributed by atoms with E-state index in [-0.39, 0.29) is 0 Å². The molecule has 3 aromatic rings. The van der Waals surface area contributed by atoms with Gasteiger partial charge in [0, 0.05) is 5.56 Å². The number of anilines is 1. The van der Waals surface area contributed by atoms with Gasteiger partial charge in [0.05, 0.1) is 19.0 Å². The van der Waals surface area contributed by atoms with Crippen LogP contribution in [0.1, 0.15) is 11.1 Å². The molecule has 0 fully saturated rings. The number of methoxy groups -OCH3 is 1. The third-order valence-corrected chi connectivity index (χ3v) is 3.68. The molecule has 0 spiro atoms. The molecule has 4 heteroatoms. The van der Waals surface area contributed by atoms with Crippen LogP contribution in [0.2, 0.25) is 0 Å². The Morgan fingerprint density at radius 3 is 2.32 bits per heavy atom.